The first-order valence-electron chi connectivity index (χ1n) is 7.97. The van der Waals surface area contributed by atoms with Crippen LogP contribution in [0.4, 0.5) is 0 Å². The Morgan fingerprint density at radius 1 is 0.789 bits per heavy atom. The molecule has 0 bridgehead atoms. The highest BCUT2D eigenvalue weighted by Gasteiger charge is 1.93. The average Bonchev–Trinajstić information content (AvgIpc) is 2.41. The van der Waals surface area contributed by atoms with Crippen molar-refractivity contribution in [2.75, 3.05) is 0 Å². The van der Waals surface area contributed by atoms with E-state index in [0.29, 0.717) is 0 Å². The maximum Gasteiger partial charge on any atom is 0.0758 e. The third-order valence-corrected chi connectivity index (χ3v) is 3.07. The number of aliphatic hydroxyl groups excluding tert-OH is 1. The number of allylic oxidation sites excluding steroid dienone is 4. The highest BCUT2D eigenvalue weighted by Crippen LogP contribution is 2.03. The minimum atomic E-state index is -0.345. The van der Waals surface area contributed by atoms with Crippen molar-refractivity contribution < 1.29 is 5.11 Å². The van der Waals surface area contributed by atoms with E-state index in [1.54, 1.807) is 0 Å². The molecule has 19 heavy (non-hydrogen) atoms. The second-order valence-electron chi connectivity index (χ2n) is 5.08. The lowest BCUT2D eigenvalue weighted by Crippen LogP contribution is -1.98. The van der Waals surface area contributed by atoms with Crippen LogP contribution in [0, 0.1) is 0 Å². The Kier molecular flexibility index (Phi) is 14.6. The molecule has 0 aromatic heterocycles. The van der Waals surface area contributed by atoms with Gasteiger partial charge in [-0.15, -0.1) is 0 Å². The first-order chi connectivity index (χ1) is 9.31. The zero-order valence-corrected chi connectivity index (χ0v) is 12.9. The maximum atomic E-state index is 9.72. The fourth-order valence-electron chi connectivity index (χ4n) is 1.82. The molecule has 0 fully saturated rings. The summed E-state index contributed by atoms with van der Waals surface area (Å²) in [6.07, 6.45) is 22.7. The Morgan fingerprint density at radius 2 is 1.42 bits per heavy atom. The number of unbranched alkanes of at least 4 members (excludes halogenated alkanes) is 6. The summed E-state index contributed by atoms with van der Waals surface area (Å²) in [5.41, 5.74) is 0. The first-order valence-corrected chi connectivity index (χ1v) is 7.97. The van der Waals surface area contributed by atoms with Gasteiger partial charge in [0.25, 0.3) is 0 Å². The van der Waals surface area contributed by atoms with Crippen molar-refractivity contribution in [3.05, 3.63) is 36.5 Å². The van der Waals surface area contributed by atoms with Gasteiger partial charge in [-0.1, -0.05) is 76.0 Å². The molecule has 0 aromatic rings. The lowest BCUT2D eigenvalue weighted by Gasteiger charge is -1.99. The third kappa shape index (κ3) is 15.1. The van der Waals surface area contributed by atoms with E-state index in [2.05, 4.69) is 32.1 Å². The smallest absolute Gasteiger partial charge is 0.0758 e. The van der Waals surface area contributed by atoms with E-state index in [-0.39, 0.29) is 6.10 Å². The molecular formula is C18H32O. The summed E-state index contributed by atoms with van der Waals surface area (Å²) in [5, 5.41) is 9.72. The van der Waals surface area contributed by atoms with Gasteiger partial charge in [-0.3, -0.25) is 0 Å². The fourth-order valence-corrected chi connectivity index (χ4v) is 1.82. The lowest BCUT2D eigenvalue weighted by molar-refractivity contribution is 0.227. The predicted molar refractivity (Wildman–Crippen MR) is 86.3 cm³/mol. The van der Waals surface area contributed by atoms with Crippen molar-refractivity contribution in [3.8, 4) is 0 Å². The number of hydrogen-bond acceptors (Lipinski definition) is 1. The van der Waals surface area contributed by atoms with E-state index in [4.69, 9.17) is 0 Å². The van der Waals surface area contributed by atoms with Crippen molar-refractivity contribution in [1.29, 1.82) is 0 Å². The Hall–Kier alpha value is -0.820. The lowest BCUT2D eigenvalue weighted by atomic mass is 10.1. The van der Waals surface area contributed by atoms with Gasteiger partial charge in [0, 0.05) is 0 Å². The molecular weight excluding hydrogens is 232 g/mol. The minimum absolute atomic E-state index is 0.345. The monoisotopic (exact) mass is 264 g/mol. The highest BCUT2D eigenvalue weighted by atomic mass is 16.3. The molecule has 0 aliphatic carbocycles. The zero-order valence-electron chi connectivity index (χ0n) is 12.9. The third-order valence-electron chi connectivity index (χ3n) is 3.07. The molecule has 0 rings (SSSR count). The number of hydrogen-bond donors (Lipinski definition) is 1. The van der Waals surface area contributed by atoms with Gasteiger partial charge in [0.2, 0.25) is 0 Å². The van der Waals surface area contributed by atoms with Crippen LogP contribution >= 0.6 is 0 Å². The normalized spacial score (nSPS) is 14.1. The summed E-state index contributed by atoms with van der Waals surface area (Å²) in [4.78, 5) is 0. The molecule has 1 atom stereocenters. The minimum Gasteiger partial charge on any atom is -0.389 e. The van der Waals surface area contributed by atoms with Crippen LogP contribution in [0.15, 0.2) is 36.5 Å². The Morgan fingerprint density at radius 3 is 2.05 bits per heavy atom. The predicted octanol–water partition coefficient (Wildman–Crippen LogP) is 5.57. The summed E-state index contributed by atoms with van der Waals surface area (Å²) >= 11 is 0. The van der Waals surface area contributed by atoms with Crippen molar-refractivity contribution in [1.82, 2.24) is 0 Å². The molecule has 1 N–H and O–H groups in total. The molecule has 0 spiro atoms. The van der Waals surface area contributed by atoms with Gasteiger partial charge >= 0.3 is 0 Å². The number of aliphatic hydroxyl groups is 1. The van der Waals surface area contributed by atoms with Crippen LogP contribution in [0.5, 0.6) is 0 Å². The van der Waals surface area contributed by atoms with Crippen molar-refractivity contribution >= 4 is 0 Å². The largest absolute Gasteiger partial charge is 0.389 e. The van der Waals surface area contributed by atoms with E-state index in [9.17, 15) is 5.11 Å². The standard InChI is InChI=1S/C18H32O/c1-3-5-7-9-11-13-15-17-18(19)16-14-12-10-8-6-4-2/h11-15,17-19H,3-10,16H2,1-2H3/b13-11-,14-12-,17-15-. The van der Waals surface area contributed by atoms with Gasteiger partial charge in [-0.2, -0.15) is 0 Å². The summed E-state index contributed by atoms with van der Waals surface area (Å²) in [7, 11) is 0. The molecule has 1 nitrogen and oxygen atoms in total. The quantitative estimate of drug-likeness (QED) is 0.278. The van der Waals surface area contributed by atoms with Crippen LogP contribution in [0.25, 0.3) is 0 Å². The molecule has 0 aliphatic rings. The molecule has 0 aliphatic heterocycles. The van der Waals surface area contributed by atoms with Gasteiger partial charge in [-0.25, -0.2) is 0 Å². The van der Waals surface area contributed by atoms with Gasteiger partial charge < -0.3 is 5.11 Å². The van der Waals surface area contributed by atoms with Crippen LogP contribution < -0.4 is 0 Å². The molecule has 1 heteroatoms. The molecule has 110 valence electrons. The van der Waals surface area contributed by atoms with E-state index < -0.39 is 0 Å². The molecule has 0 amide bonds. The van der Waals surface area contributed by atoms with E-state index in [1.165, 1.54) is 38.5 Å². The second-order valence-corrected chi connectivity index (χ2v) is 5.08. The van der Waals surface area contributed by atoms with Gasteiger partial charge in [0.15, 0.2) is 0 Å². The number of rotatable bonds is 12. The van der Waals surface area contributed by atoms with E-state index in [0.717, 1.165) is 19.3 Å². The summed E-state index contributed by atoms with van der Waals surface area (Å²) < 4.78 is 0. The van der Waals surface area contributed by atoms with Gasteiger partial charge in [0.1, 0.15) is 0 Å². The molecule has 0 aromatic carbocycles. The van der Waals surface area contributed by atoms with Gasteiger partial charge in [-0.05, 0) is 32.1 Å². The summed E-state index contributed by atoms with van der Waals surface area (Å²) in [6, 6.07) is 0. The van der Waals surface area contributed by atoms with Crippen LogP contribution in [-0.2, 0) is 0 Å². The summed E-state index contributed by atoms with van der Waals surface area (Å²) in [6.45, 7) is 4.43. The van der Waals surface area contributed by atoms with Crippen LogP contribution in [0.3, 0.4) is 0 Å². The van der Waals surface area contributed by atoms with Crippen molar-refractivity contribution in [3.63, 3.8) is 0 Å². The highest BCUT2D eigenvalue weighted by molar-refractivity contribution is 5.05. The average molecular weight is 264 g/mol. The van der Waals surface area contributed by atoms with Crippen LogP contribution in [0.1, 0.15) is 71.6 Å². The molecule has 1 unspecified atom stereocenters. The van der Waals surface area contributed by atoms with Gasteiger partial charge in [0.05, 0.1) is 6.10 Å². The van der Waals surface area contributed by atoms with E-state index in [1.807, 2.05) is 18.2 Å². The Labute approximate surface area is 120 Å². The SMILES string of the molecule is CCCCC/C=C\C=C/C(O)C/C=C\CCCCC. The molecule has 0 saturated carbocycles. The van der Waals surface area contributed by atoms with Crippen molar-refractivity contribution in [2.45, 2.75) is 77.7 Å². The Balaban J connectivity index is 3.53. The zero-order chi connectivity index (χ0) is 14.2. The topological polar surface area (TPSA) is 20.2 Å². The van der Waals surface area contributed by atoms with Crippen LogP contribution in [0.2, 0.25) is 0 Å². The molecule has 0 radical (unpaired) electrons. The molecule has 0 saturated heterocycles. The van der Waals surface area contributed by atoms with Crippen LogP contribution in [-0.4, -0.2) is 11.2 Å². The first kappa shape index (κ1) is 18.2. The summed E-state index contributed by atoms with van der Waals surface area (Å²) in [5.74, 6) is 0. The molecule has 0 heterocycles. The second kappa shape index (κ2) is 15.2. The Bertz CT molecular complexity index is 250. The van der Waals surface area contributed by atoms with Crippen molar-refractivity contribution in [2.24, 2.45) is 0 Å². The fraction of sp³-hybridized carbons (Fsp3) is 0.667. The maximum absolute atomic E-state index is 9.72. The van der Waals surface area contributed by atoms with E-state index >= 15 is 0 Å².